The summed E-state index contributed by atoms with van der Waals surface area (Å²) in [7, 11) is 2.90. The first-order chi connectivity index (χ1) is 14.3. The quantitative estimate of drug-likeness (QED) is 0.498. The van der Waals surface area contributed by atoms with Crippen molar-refractivity contribution in [2.24, 2.45) is 5.92 Å². The molecule has 2 aromatic rings. The van der Waals surface area contributed by atoms with E-state index in [0.29, 0.717) is 11.5 Å². The number of carbonyl (C=O) groups excluding carboxylic acids is 3. The van der Waals surface area contributed by atoms with Crippen molar-refractivity contribution in [3.8, 4) is 11.5 Å². The summed E-state index contributed by atoms with van der Waals surface area (Å²) in [6.45, 7) is 2.94. The molecule has 0 aromatic heterocycles. The van der Waals surface area contributed by atoms with Gasteiger partial charge in [0.1, 0.15) is 23.4 Å². The van der Waals surface area contributed by atoms with E-state index in [9.17, 15) is 18.8 Å². The Morgan fingerprint density at radius 1 is 1.00 bits per heavy atom. The molecule has 0 saturated carbocycles. The summed E-state index contributed by atoms with van der Waals surface area (Å²) in [5, 5.41) is 2.56. The Labute approximate surface area is 174 Å². The molecule has 0 unspecified atom stereocenters. The van der Waals surface area contributed by atoms with E-state index in [4.69, 9.17) is 14.2 Å². The van der Waals surface area contributed by atoms with Crippen molar-refractivity contribution in [2.45, 2.75) is 19.9 Å². The van der Waals surface area contributed by atoms with Crippen LogP contribution in [-0.4, -0.2) is 44.5 Å². The predicted octanol–water partition coefficient (Wildman–Crippen LogP) is 3.02. The van der Waals surface area contributed by atoms with Gasteiger partial charge in [-0.2, -0.15) is 0 Å². The van der Waals surface area contributed by atoms with Gasteiger partial charge < -0.3 is 19.5 Å². The molecule has 0 bridgehead atoms. The highest BCUT2D eigenvalue weighted by atomic mass is 19.1. The molecule has 1 atom stereocenters. The van der Waals surface area contributed by atoms with Crippen LogP contribution >= 0.6 is 0 Å². The maximum atomic E-state index is 13.0. The minimum atomic E-state index is -0.979. The Kier molecular flexibility index (Phi) is 7.91. The third kappa shape index (κ3) is 5.79. The fourth-order valence-electron chi connectivity index (χ4n) is 2.66. The molecule has 0 heterocycles. The number of rotatable bonds is 9. The fourth-order valence-corrected chi connectivity index (χ4v) is 2.66. The number of ketones is 1. The van der Waals surface area contributed by atoms with Crippen molar-refractivity contribution in [3.05, 3.63) is 59.4 Å². The number of amides is 1. The molecule has 2 rings (SSSR count). The van der Waals surface area contributed by atoms with Gasteiger partial charge in [-0.25, -0.2) is 9.18 Å². The number of nitrogens with one attached hydrogen (secondary N) is 1. The topological polar surface area (TPSA) is 90.9 Å². The molecule has 0 aliphatic carbocycles. The summed E-state index contributed by atoms with van der Waals surface area (Å²) in [5.74, 6) is -1.72. The summed E-state index contributed by atoms with van der Waals surface area (Å²) in [6.07, 6.45) is 0. The molecular formula is C22H24FNO6. The second-order valence-electron chi connectivity index (χ2n) is 6.80. The maximum Gasteiger partial charge on any atom is 0.329 e. The predicted molar refractivity (Wildman–Crippen MR) is 107 cm³/mol. The molecule has 0 aliphatic heterocycles. The Bertz CT molecular complexity index is 910. The Hall–Kier alpha value is -3.42. The summed E-state index contributed by atoms with van der Waals surface area (Å²) < 4.78 is 28.4. The smallest absolute Gasteiger partial charge is 0.329 e. The number of hydrogen-bond donors (Lipinski definition) is 1. The Morgan fingerprint density at radius 3 is 2.23 bits per heavy atom. The molecule has 0 radical (unpaired) electrons. The van der Waals surface area contributed by atoms with E-state index >= 15 is 0 Å². The van der Waals surface area contributed by atoms with Crippen LogP contribution in [0, 0.1) is 11.7 Å². The molecule has 8 heteroatoms. The summed E-state index contributed by atoms with van der Waals surface area (Å²) in [5.41, 5.74) is 0.441. The first-order valence-electron chi connectivity index (χ1n) is 9.25. The van der Waals surface area contributed by atoms with Crippen molar-refractivity contribution < 1.29 is 33.0 Å². The van der Waals surface area contributed by atoms with E-state index in [2.05, 4.69) is 5.32 Å². The Morgan fingerprint density at radius 2 is 1.67 bits per heavy atom. The van der Waals surface area contributed by atoms with Crippen molar-refractivity contribution in [1.82, 2.24) is 5.32 Å². The standard InChI is InChI=1S/C22H24FNO6/c1-13(2)20(24-21(26)14-5-7-15(23)8-6-14)22(27)30-12-18(25)17-10-9-16(28-3)11-19(17)29-4/h5-11,13,20H,12H2,1-4H3,(H,24,26)/t20-/m1/s1. The lowest BCUT2D eigenvalue weighted by Gasteiger charge is -2.21. The number of halogens is 1. The molecule has 160 valence electrons. The van der Waals surface area contributed by atoms with Crippen molar-refractivity contribution in [2.75, 3.05) is 20.8 Å². The van der Waals surface area contributed by atoms with Crippen LogP contribution in [0.15, 0.2) is 42.5 Å². The molecule has 1 N–H and O–H groups in total. The second kappa shape index (κ2) is 10.4. The van der Waals surface area contributed by atoms with Crippen molar-refractivity contribution >= 4 is 17.7 Å². The number of carbonyl (C=O) groups is 3. The number of ether oxygens (including phenoxy) is 3. The first-order valence-corrected chi connectivity index (χ1v) is 9.25. The zero-order valence-electron chi connectivity index (χ0n) is 17.2. The van der Waals surface area contributed by atoms with Crippen LogP contribution in [0.4, 0.5) is 4.39 Å². The minimum Gasteiger partial charge on any atom is -0.497 e. The van der Waals surface area contributed by atoms with E-state index < -0.39 is 36.1 Å². The van der Waals surface area contributed by atoms with Gasteiger partial charge in [-0.05, 0) is 42.3 Å². The SMILES string of the molecule is COc1ccc(C(=O)COC(=O)[C@H](NC(=O)c2ccc(F)cc2)C(C)C)c(OC)c1. The molecule has 0 fully saturated rings. The zero-order valence-corrected chi connectivity index (χ0v) is 17.2. The van der Waals surface area contributed by atoms with Crippen LogP contribution in [0.5, 0.6) is 11.5 Å². The van der Waals surface area contributed by atoms with Crippen LogP contribution in [0.2, 0.25) is 0 Å². The van der Waals surface area contributed by atoms with Crippen molar-refractivity contribution in [3.63, 3.8) is 0 Å². The van der Waals surface area contributed by atoms with E-state index in [1.54, 1.807) is 26.0 Å². The third-order valence-corrected chi connectivity index (χ3v) is 4.37. The van der Waals surface area contributed by atoms with Crippen LogP contribution in [0.25, 0.3) is 0 Å². The van der Waals surface area contributed by atoms with Crippen LogP contribution in [0.3, 0.4) is 0 Å². The zero-order chi connectivity index (χ0) is 22.3. The lowest BCUT2D eigenvalue weighted by molar-refractivity contribution is -0.145. The summed E-state index contributed by atoms with van der Waals surface area (Å²) in [4.78, 5) is 37.3. The van der Waals surface area contributed by atoms with Gasteiger partial charge in [0.15, 0.2) is 6.61 Å². The molecule has 0 saturated heterocycles. The average molecular weight is 417 g/mol. The molecule has 0 aliphatic rings. The highest BCUT2D eigenvalue weighted by Crippen LogP contribution is 2.25. The monoisotopic (exact) mass is 417 g/mol. The molecule has 30 heavy (non-hydrogen) atoms. The highest BCUT2D eigenvalue weighted by molar-refractivity contribution is 6.01. The van der Waals surface area contributed by atoms with Gasteiger partial charge in [0.25, 0.3) is 5.91 Å². The molecular weight excluding hydrogens is 393 g/mol. The van der Waals surface area contributed by atoms with Gasteiger partial charge in [0.05, 0.1) is 19.8 Å². The normalized spacial score (nSPS) is 11.5. The molecule has 2 aromatic carbocycles. The lowest BCUT2D eigenvalue weighted by atomic mass is 10.0. The van der Waals surface area contributed by atoms with Gasteiger partial charge in [0.2, 0.25) is 5.78 Å². The molecule has 7 nitrogen and oxygen atoms in total. The van der Waals surface area contributed by atoms with Crippen molar-refractivity contribution in [1.29, 1.82) is 0 Å². The van der Waals surface area contributed by atoms with E-state index in [1.807, 2.05) is 0 Å². The number of hydrogen-bond acceptors (Lipinski definition) is 6. The summed E-state index contributed by atoms with van der Waals surface area (Å²) in [6, 6.07) is 8.61. The fraction of sp³-hybridized carbons (Fsp3) is 0.318. The minimum absolute atomic E-state index is 0.203. The second-order valence-corrected chi connectivity index (χ2v) is 6.80. The molecule has 1 amide bonds. The largest absolute Gasteiger partial charge is 0.497 e. The Balaban J connectivity index is 2.04. The first kappa shape index (κ1) is 22.9. The van der Waals surface area contributed by atoms with Gasteiger partial charge in [-0.1, -0.05) is 13.8 Å². The van der Waals surface area contributed by atoms with E-state index in [-0.39, 0.29) is 17.0 Å². The van der Waals surface area contributed by atoms with E-state index in [0.717, 1.165) is 12.1 Å². The maximum absolute atomic E-state index is 13.0. The van der Waals surface area contributed by atoms with Gasteiger partial charge in [-0.3, -0.25) is 9.59 Å². The van der Waals surface area contributed by atoms with Crippen LogP contribution < -0.4 is 14.8 Å². The van der Waals surface area contributed by atoms with E-state index in [1.165, 1.54) is 32.4 Å². The number of methoxy groups -OCH3 is 2. The molecule has 0 spiro atoms. The number of esters is 1. The number of benzene rings is 2. The van der Waals surface area contributed by atoms with Crippen LogP contribution in [0.1, 0.15) is 34.6 Å². The lowest BCUT2D eigenvalue weighted by Crippen LogP contribution is -2.45. The van der Waals surface area contributed by atoms with Gasteiger partial charge in [0, 0.05) is 11.6 Å². The number of Topliss-reactive ketones (excluding diaryl/α,β-unsaturated/α-hetero) is 1. The van der Waals surface area contributed by atoms with Gasteiger partial charge >= 0.3 is 5.97 Å². The highest BCUT2D eigenvalue weighted by Gasteiger charge is 2.27. The average Bonchev–Trinajstić information content (AvgIpc) is 2.75. The van der Waals surface area contributed by atoms with Crippen LogP contribution in [-0.2, 0) is 9.53 Å². The summed E-state index contributed by atoms with van der Waals surface area (Å²) >= 11 is 0. The van der Waals surface area contributed by atoms with Gasteiger partial charge in [-0.15, -0.1) is 0 Å². The third-order valence-electron chi connectivity index (χ3n) is 4.37.